The minimum atomic E-state index is -0.0425. The molecule has 3 rings (SSSR count). The van der Waals surface area contributed by atoms with E-state index in [0.29, 0.717) is 18.9 Å². The van der Waals surface area contributed by atoms with Gasteiger partial charge in [-0.15, -0.1) is 0 Å². The number of benzene rings is 1. The Kier molecular flexibility index (Phi) is 3.90. The zero-order valence-electron chi connectivity index (χ0n) is 12.0. The molecule has 2 aromatic rings. The number of oxazole rings is 1. The summed E-state index contributed by atoms with van der Waals surface area (Å²) in [5, 5.41) is 2.93. The van der Waals surface area contributed by atoms with Crippen molar-refractivity contribution < 1.29 is 13.9 Å². The summed E-state index contributed by atoms with van der Waals surface area (Å²) < 4.78 is 10.4. The van der Waals surface area contributed by atoms with Crippen molar-refractivity contribution in [3.63, 3.8) is 0 Å². The minimum Gasteiger partial charge on any atom is -0.497 e. The number of carbonyl (C=O) groups is 1. The van der Waals surface area contributed by atoms with Crippen molar-refractivity contribution in [1.82, 2.24) is 10.3 Å². The first kappa shape index (κ1) is 13.7. The molecule has 1 fully saturated rings. The molecule has 110 valence electrons. The van der Waals surface area contributed by atoms with Gasteiger partial charge < -0.3 is 14.5 Å². The Labute approximate surface area is 123 Å². The van der Waals surface area contributed by atoms with Gasteiger partial charge in [-0.3, -0.25) is 4.79 Å². The van der Waals surface area contributed by atoms with Crippen molar-refractivity contribution in [3.05, 3.63) is 47.7 Å². The SMILES string of the molecule is COc1ccc(C(=O)NCCc2cnco2)c(C2CC2)c1. The Balaban J connectivity index is 1.66. The van der Waals surface area contributed by atoms with E-state index in [4.69, 9.17) is 9.15 Å². The zero-order valence-corrected chi connectivity index (χ0v) is 12.0. The normalized spacial score (nSPS) is 14.0. The van der Waals surface area contributed by atoms with Crippen LogP contribution in [-0.2, 0) is 6.42 Å². The van der Waals surface area contributed by atoms with Crippen molar-refractivity contribution in [2.75, 3.05) is 13.7 Å². The molecule has 5 heteroatoms. The van der Waals surface area contributed by atoms with Gasteiger partial charge in [-0.25, -0.2) is 4.98 Å². The smallest absolute Gasteiger partial charge is 0.251 e. The van der Waals surface area contributed by atoms with Crippen LogP contribution in [0.5, 0.6) is 5.75 Å². The summed E-state index contributed by atoms with van der Waals surface area (Å²) in [5.74, 6) is 2.02. The number of methoxy groups -OCH3 is 1. The molecule has 1 aromatic heterocycles. The van der Waals surface area contributed by atoms with Gasteiger partial charge in [0.2, 0.25) is 0 Å². The number of nitrogens with zero attached hydrogens (tertiary/aromatic N) is 1. The Morgan fingerprint density at radius 2 is 2.33 bits per heavy atom. The fourth-order valence-electron chi connectivity index (χ4n) is 2.37. The highest BCUT2D eigenvalue weighted by Gasteiger charge is 2.28. The molecule has 1 aliphatic carbocycles. The second-order valence-electron chi connectivity index (χ2n) is 5.20. The van der Waals surface area contributed by atoms with Crippen LogP contribution in [0, 0.1) is 0 Å². The van der Waals surface area contributed by atoms with E-state index in [1.807, 2.05) is 18.2 Å². The average molecular weight is 286 g/mol. The summed E-state index contributed by atoms with van der Waals surface area (Å²) in [6, 6.07) is 5.65. The van der Waals surface area contributed by atoms with Crippen LogP contribution in [0.3, 0.4) is 0 Å². The number of carbonyl (C=O) groups excluding carboxylic acids is 1. The fourth-order valence-corrected chi connectivity index (χ4v) is 2.37. The third kappa shape index (κ3) is 3.24. The van der Waals surface area contributed by atoms with Gasteiger partial charge in [-0.1, -0.05) is 0 Å². The molecule has 0 saturated heterocycles. The van der Waals surface area contributed by atoms with E-state index in [1.54, 1.807) is 13.3 Å². The molecule has 21 heavy (non-hydrogen) atoms. The number of rotatable bonds is 6. The van der Waals surface area contributed by atoms with E-state index in [0.717, 1.165) is 35.5 Å². The molecular formula is C16H18N2O3. The Morgan fingerprint density at radius 1 is 1.48 bits per heavy atom. The van der Waals surface area contributed by atoms with Crippen molar-refractivity contribution >= 4 is 5.91 Å². The molecule has 1 amide bonds. The van der Waals surface area contributed by atoms with Gasteiger partial charge in [0, 0.05) is 18.5 Å². The number of hydrogen-bond donors (Lipinski definition) is 1. The molecule has 0 spiro atoms. The number of ether oxygens (including phenoxy) is 1. The van der Waals surface area contributed by atoms with E-state index in [-0.39, 0.29) is 5.91 Å². The van der Waals surface area contributed by atoms with Crippen LogP contribution in [0.4, 0.5) is 0 Å². The Hall–Kier alpha value is -2.30. The summed E-state index contributed by atoms with van der Waals surface area (Å²) in [6.45, 7) is 0.532. The molecule has 1 saturated carbocycles. The molecule has 5 nitrogen and oxygen atoms in total. The van der Waals surface area contributed by atoms with E-state index >= 15 is 0 Å². The lowest BCUT2D eigenvalue weighted by atomic mass is 10.0. The van der Waals surface area contributed by atoms with Crippen molar-refractivity contribution in [1.29, 1.82) is 0 Å². The Morgan fingerprint density at radius 3 is 3.00 bits per heavy atom. The molecular weight excluding hydrogens is 268 g/mol. The van der Waals surface area contributed by atoms with Crippen molar-refractivity contribution in [2.45, 2.75) is 25.2 Å². The molecule has 0 atom stereocenters. The summed E-state index contributed by atoms with van der Waals surface area (Å²) in [5.41, 5.74) is 1.84. The second-order valence-corrected chi connectivity index (χ2v) is 5.20. The first-order valence-electron chi connectivity index (χ1n) is 7.11. The minimum absolute atomic E-state index is 0.0425. The highest BCUT2D eigenvalue weighted by Crippen LogP contribution is 2.42. The molecule has 1 aliphatic rings. The number of amides is 1. The second kappa shape index (κ2) is 5.99. The fraction of sp³-hybridized carbons (Fsp3) is 0.375. The lowest BCUT2D eigenvalue weighted by Crippen LogP contribution is -2.26. The molecule has 1 N–H and O–H groups in total. The Bertz CT molecular complexity index is 618. The van der Waals surface area contributed by atoms with E-state index in [9.17, 15) is 4.79 Å². The predicted molar refractivity (Wildman–Crippen MR) is 77.5 cm³/mol. The highest BCUT2D eigenvalue weighted by molar-refractivity contribution is 5.96. The van der Waals surface area contributed by atoms with Gasteiger partial charge in [0.25, 0.3) is 5.91 Å². The standard InChI is InChI=1S/C16H18N2O3/c1-20-12-4-5-14(15(8-12)11-2-3-11)16(19)18-7-6-13-9-17-10-21-13/h4-5,8-11H,2-3,6-7H2,1H3,(H,18,19). The van der Waals surface area contributed by atoms with Crippen LogP contribution in [-0.4, -0.2) is 24.5 Å². The van der Waals surface area contributed by atoms with Crippen LogP contribution >= 0.6 is 0 Å². The lowest BCUT2D eigenvalue weighted by molar-refractivity contribution is 0.0952. The van der Waals surface area contributed by atoms with Crippen LogP contribution < -0.4 is 10.1 Å². The van der Waals surface area contributed by atoms with E-state index in [1.165, 1.54) is 6.39 Å². The van der Waals surface area contributed by atoms with E-state index < -0.39 is 0 Å². The quantitative estimate of drug-likeness (QED) is 0.886. The number of hydrogen-bond acceptors (Lipinski definition) is 4. The number of nitrogens with one attached hydrogen (secondary N) is 1. The first-order valence-corrected chi connectivity index (χ1v) is 7.11. The predicted octanol–water partition coefficient (Wildman–Crippen LogP) is 2.53. The van der Waals surface area contributed by atoms with Gasteiger partial charge in [0.15, 0.2) is 6.39 Å². The third-order valence-corrected chi connectivity index (χ3v) is 3.66. The summed E-state index contributed by atoms with van der Waals surface area (Å²) >= 11 is 0. The molecule has 1 aromatic carbocycles. The van der Waals surface area contributed by atoms with Crippen molar-refractivity contribution in [3.8, 4) is 5.75 Å². The lowest BCUT2D eigenvalue weighted by Gasteiger charge is -2.11. The van der Waals surface area contributed by atoms with Gasteiger partial charge in [-0.05, 0) is 42.5 Å². The van der Waals surface area contributed by atoms with Gasteiger partial charge >= 0.3 is 0 Å². The maximum Gasteiger partial charge on any atom is 0.251 e. The third-order valence-electron chi connectivity index (χ3n) is 3.66. The zero-order chi connectivity index (χ0) is 14.7. The van der Waals surface area contributed by atoms with Crippen molar-refractivity contribution in [2.24, 2.45) is 0 Å². The van der Waals surface area contributed by atoms with Crippen LogP contribution in [0.25, 0.3) is 0 Å². The van der Waals surface area contributed by atoms with Crippen LogP contribution in [0.1, 0.15) is 40.4 Å². The highest BCUT2D eigenvalue weighted by atomic mass is 16.5. The number of aromatic nitrogens is 1. The maximum absolute atomic E-state index is 12.3. The van der Waals surface area contributed by atoms with Gasteiger partial charge in [0.05, 0.1) is 13.3 Å². The van der Waals surface area contributed by atoms with Gasteiger partial charge in [0.1, 0.15) is 11.5 Å². The molecule has 0 aliphatic heterocycles. The molecule has 0 bridgehead atoms. The topological polar surface area (TPSA) is 64.4 Å². The largest absolute Gasteiger partial charge is 0.497 e. The first-order chi connectivity index (χ1) is 10.3. The maximum atomic E-state index is 12.3. The van der Waals surface area contributed by atoms with E-state index in [2.05, 4.69) is 10.3 Å². The van der Waals surface area contributed by atoms with Crippen LogP contribution in [0.15, 0.2) is 35.2 Å². The summed E-state index contributed by atoms with van der Waals surface area (Å²) in [7, 11) is 1.64. The monoisotopic (exact) mass is 286 g/mol. The molecule has 0 unspecified atom stereocenters. The average Bonchev–Trinajstić information content (AvgIpc) is 3.24. The van der Waals surface area contributed by atoms with Gasteiger partial charge in [-0.2, -0.15) is 0 Å². The molecule has 0 radical (unpaired) electrons. The van der Waals surface area contributed by atoms with Crippen LogP contribution in [0.2, 0.25) is 0 Å². The summed E-state index contributed by atoms with van der Waals surface area (Å²) in [6.07, 6.45) is 5.98. The molecule has 1 heterocycles. The summed E-state index contributed by atoms with van der Waals surface area (Å²) in [4.78, 5) is 16.2.